The molecule has 1 aromatic rings. The van der Waals surface area contributed by atoms with E-state index in [1.165, 1.54) is 16.4 Å². The Balaban J connectivity index is 2.07. The molecule has 19 heavy (non-hydrogen) atoms. The fourth-order valence-electron chi connectivity index (χ4n) is 2.21. The van der Waals surface area contributed by atoms with E-state index in [9.17, 15) is 12.8 Å². The van der Waals surface area contributed by atoms with Gasteiger partial charge in [-0.15, -0.1) is 0 Å². The van der Waals surface area contributed by atoms with Crippen LogP contribution in [-0.4, -0.2) is 32.4 Å². The fraction of sp³-hybridized carbons (Fsp3) is 0.500. The van der Waals surface area contributed by atoms with Crippen molar-refractivity contribution in [1.29, 1.82) is 0 Å². The van der Waals surface area contributed by atoms with Gasteiger partial charge in [-0.1, -0.05) is 0 Å². The molecule has 0 unspecified atom stereocenters. The molecule has 1 fully saturated rings. The second kappa shape index (κ2) is 5.96. The predicted molar refractivity (Wildman–Crippen MR) is 68.0 cm³/mol. The van der Waals surface area contributed by atoms with Crippen molar-refractivity contribution >= 4 is 10.0 Å². The molecule has 0 spiro atoms. The Bertz CT molecular complexity index is 510. The van der Waals surface area contributed by atoms with Crippen LogP contribution in [0.3, 0.4) is 0 Å². The van der Waals surface area contributed by atoms with Crippen LogP contribution in [0.2, 0.25) is 0 Å². The Morgan fingerprint density at radius 2 is 1.84 bits per heavy atom. The standard InChI is InChI=1S/C12H17FN2O3S/c13-11-1-3-12(4-2-11)19(16,17)15-7-5-10(6-8-15)9-18-14/h1-4,10H,5-9,14H2. The molecule has 0 aliphatic carbocycles. The highest BCUT2D eigenvalue weighted by Crippen LogP contribution is 2.23. The van der Waals surface area contributed by atoms with Crippen molar-refractivity contribution < 1.29 is 17.6 Å². The van der Waals surface area contributed by atoms with Gasteiger partial charge >= 0.3 is 0 Å². The number of nitrogens with zero attached hydrogens (tertiary/aromatic N) is 1. The van der Waals surface area contributed by atoms with Crippen LogP contribution in [0.25, 0.3) is 0 Å². The van der Waals surface area contributed by atoms with Crippen LogP contribution in [0.5, 0.6) is 0 Å². The fourth-order valence-corrected chi connectivity index (χ4v) is 3.68. The maximum absolute atomic E-state index is 12.8. The van der Waals surface area contributed by atoms with Crippen molar-refractivity contribution in [2.75, 3.05) is 19.7 Å². The Kier molecular flexibility index (Phi) is 4.51. The van der Waals surface area contributed by atoms with Crippen LogP contribution < -0.4 is 5.90 Å². The van der Waals surface area contributed by atoms with Crippen LogP contribution in [0.4, 0.5) is 4.39 Å². The van der Waals surface area contributed by atoms with Gasteiger partial charge in [-0.25, -0.2) is 18.7 Å². The lowest BCUT2D eigenvalue weighted by Crippen LogP contribution is -2.39. The molecule has 1 aromatic carbocycles. The highest BCUT2D eigenvalue weighted by molar-refractivity contribution is 7.89. The third-order valence-electron chi connectivity index (χ3n) is 3.36. The molecule has 0 atom stereocenters. The first-order valence-corrected chi connectivity index (χ1v) is 7.55. The quantitative estimate of drug-likeness (QED) is 0.843. The van der Waals surface area contributed by atoms with Crippen molar-refractivity contribution in [2.45, 2.75) is 17.7 Å². The summed E-state index contributed by atoms with van der Waals surface area (Å²) in [5, 5.41) is 0. The molecular weight excluding hydrogens is 271 g/mol. The minimum Gasteiger partial charge on any atom is -0.304 e. The number of sulfonamides is 1. The third kappa shape index (κ3) is 3.30. The van der Waals surface area contributed by atoms with Gasteiger partial charge in [0.1, 0.15) is 5.82 Å². The summed E-state index contributed by atoms with van der Waals surface area (Å²) in [6, 6.07) is 4.89. The van der Waals surface area contributed by atoms with Crippen molar-refractivity contribution in [3.05, 3.63) is 30.1 Å². The minimum atomic E-state index is -3.52. The van der Waals surface area contributed by atoms with Gasteiger partial charge < -0.3 is 4.84 Å². The van der Waals surface area contributed by atoms with Crippen molar-refractivity contribution in [3.8, 4) is 0 Å². The zero-order valence-corrected chi connectivity index (χ0v) is 11.3. The van der Waals surface area contributed by atoms with Crippen LogP contribution in [0.1, 0.15) is 12.8 Å². The lowest BCUT2D eigenvalue weighted by Gasteiger charge is -2.30. The number of hydrogen-bond acceptors (Lipinski definition) is 4. The summed E-state index contributed by atoms with van der Waals surface area (Å²) in [7, 11) is -3.52. The van der Waals surface area contributed by atoms with E-state index in [1.54, 1.807) is 0 Å². The Hall–Kier alpha value is -1.02. The van der Waals surface area contributed by atoms with E-state index in [0.29, 0.717) is 25.6 Å². The summed E-state index contributed by atoms with van der Waals surface area (Å²) in [4.78, 5) is 4.72. The highest BCUT2D eigenvalue weighted by atomic mass is 32.2. The largest absolute Gasteiger partial charge is 0.304 e. The number of halogens is 1. The van der Waals surface area contributed by atoms with E-state index in [1.807, 2.05) is 0 Å². The molecule has 1 aliphatic rings. The first-order valence-electron chi connectivity index (χ1n) is 6.11. The van der Waals surface area contributed by atoms with Gasteiger partial charge in [-0.2, -0.15) is 4.31 Å². The molecule has 2 N–H and O–H groups in total. The van der Waals surface area contributed by atoms with Gasteiger partial charge in [0.15, 0.2) is 0 Å². The normalized spacial score (nSPS) is 18.6. The molecule has 1 heterocycles. The van der Waals surface area contributed by atoms with Crippen LogP contribution >= 0.6 is 0 Å². The van der Waals surface area contributed by atoms with E-state index >= 15 is 0 Å². The van der Waals surface area contributed by atoms with Crippen molar-refractivity contribution in [2.24, 2.45) is 11.8 Å². The lowest BCUT2D eigenvalue weighted by atomic mass is 9.99. The zero-order chi connectivity index (χ0) is 13.9. The first-order chi connectivity index (χ1) is 9.04. The molecule has 1 saturated heterocycles. The topological polar surface area (TPSA) is 72.6 Å². The van der Waals surface area contributed by atoms with Gasteiger partial charge in [0.25, 0.3) is 0 Å². The van der Waals surface area contributed by atoms with Crippen LogP contribution in [0, 0.1) is 11.7 Å². The Morgan fingerprint density at radius 1 is 1.26 bits per heavy atom. The molecule has 0 aromatic heterocycles. The summed E-state index contributed by atoms with van der Waals surface area (Å²) in [6.45, 7) is 1.33. The average Bonchev–Trinajstić information content (AvgIpc) is 2.40. The number of rotatable bonds is 4. The number of nitrogens with two attached hydrogens (primary N) is 1. The molecular formula is C12H17FN2O3S. The summed E-state index contributed by atoms with van der Waals surface area (Å²) < 4.78 is 38.9. The molecule has 0 saturated carbocycles. The second-order valence-electron chi connectivity index (χ2n) is 4.63. The van der Waals surface area contributed by atoms with Gasteiger partial charge in [0.2, 0.25) is 10.0 Å². The lowest BCUT2D eigenvalue weighted by molar-refractivity contribution is 0.0805. The summed E-state index contributed by atoms with van der Waals surface area (Å²) in [5.74, 6) is 4.87. The smallest absolute Gasteiger partial charge is 0.243 e. The maximum Gasteiger partial charge on any atom is 0.243 e. The minimum absolute atomic E-state index is 0.127. The Labute approximate surface area is 112 Å². The van der Waals surface area contributed by atoms with E-state index < -0.39 is 15.8 Å². The molecule has 106 valence electrons. The average molecular weight is 288 g/mol. The Morgan fingerprint density at radius 3 is 2.37 bits per heavy atom. The summed E-state index contributed by atoms with van der Waals surface area (Å²) in [5.41, 5.74) is 0. The third-order valence-corrected chi connectivity index (χ3v) is 5.27. The SMILES string of the molecule is NOCC1CCN(S(=O)(=O)c2ccc(F)cc2)CC1. The maximum atomic E-state index is 12.8. The van der Waals surface area contributed by atoms with Gasteiger partial charge in [-0.05, 0) is 43.0 Å². The zero-order valence-electron chi connectivity index (χ0n) is 10.5. The van der Waals surface area contributed by atoms with E-state index in [4.69, 9.17) is 5.90 Å². The highest BCUT2D eigenvalue weighted by Gasteiger charge is 2.29. The molecule has 0 bridgehead atoms. The summed E-state index contributed by atoms with van der Waals surface area (Å²) >= 11 is 0. The van der Waals surface area contributed by atoms with Crippen molar-refractivity contribution in [3.63, 3.8) is 0 Å². The number of hydrogen-bond donors (Lipinski definition) is 1. The van der Waals surface area contributed by atoms with Gasteiger partial charge in [0.05, 0.1) is 11.5 Å². The van der Waals surface area contributed by atoms with Crippen LogP contribution in [-0.2, 0) is 14.9 Å². The summed E-state index contributed by atoms with van der Waals surface area (Å²) in [6.07, 6.45) is 1.44. The van der Waals surface area contributed by atoms with Crippen LogP contribution in [0.15, 0.2) is 29.2 Å². The van der Waals surface area contributed by atoms with Gasteiger partial charge in [-0.3, -0.25) is 0 Å². The van der Waals surface area contributed by atoms with E-state index in [0.717, 1.165) is 25.0 Å². The molecule has 2 rings (SSSR count). The number of benzene rings is 1. The molecule has 5 nitrogen and oxygen atoms in total. The molecule has 7 heteroatoms. The van der Waals surface area contributed by atoms with E-state index in [2.05, 4.69) is 4.84 Å². The molecule has 0 radical (unpaired) electrons. The molecule has 1 aliphatic heterocycles. The monoisotopic (exact) mass is 288 g/mol. The molecule has 0 amide bonds. The second-order valence-corrected chi connectivity index (χ2v) is 6.57. The first kappa shape index (κ1) is 14.4. The van der Waals surface area contributed by atoms with Gasteiger partial charge in [0, 0.05) is 13.1 Å². The van der Waals surface area contributed by atoms with E-state index in [-0.39, 0.29) is 4.90 Å². The number of piperidine rings is 1. The predicted octanol–water partition coefficient (Wildman–Crippen LogP) is 1.12. The van der Waals surface area contributed by atoms with Crippen molar-refractivity contribution in [1.82, 2.24) is 4.31 Å².